The Labute approximate surface area is 115 Å². The lowest BCUT2D eigenvalue weighted by atomic mass is 10.1. The third-order valence-corrected chi connectivity index (χ3v) is 2.73. The van der Waals surface area contributed by atoms with Gasteiger partial charge in [-0.05, 0) is 24.6 Å². The van der Waals surface area contributed by atoms with Crippen molar-refractivity contribution >= 4 is 0 Å². The van der Waals surface area contributed by atoms with E-state index in [1.54, 1.807) is 12.1 Å². The summed E-state index contributed by atoms with van der Waals surface area (Å²) in [7, 11) is 2.77. The van der Waals surface area contributed by atoms with E-state index >= 15 is 0 Å². The number of rotatable bonds is 6. The molecule has 1 aromatic rings. The van der Waals surface area contributed by atoms with Crippen LogP contribution in [0.1, 0.15) is 18.9 Å². The fraction of sp³-hybridized carbons (Fsp3) is 0.538. The molecule has 4 nitrogen and oxygen atoms in total. The predicted molar refractivity (Wildman–Crippen MR) is 68.2 cm³/mol. The number of alkyl halides is 3. The molecule has 0 aromatic heterocycles. The van der Waals surface area contributed by atoms with E-state index in [0.717, 1.165) is 0 Å². The van der Waals surface area contributed by atoms with Gasteiger partial charge < -0.3 is 19.9 Å². The minimum absolute atomic E-state index is 0.137. The average Bonchev–Trinajstić information content (AvgIpc) is 2.35. The summed E-state index contributed by atoms with van der Waals surface area (Å²) >= 11 is 0. The van der Waals surface area contributed by atoms with Crippen LogP contribution >= 0.6 is 0 Å². The molecule has 0 saturated heterocycles. The second kappa shape index (κ2) is 6.69. The first-order valence-electron chi connectivity index (χ1n) is 6.00. The Morgan fingerprint density at radius 3 is 2.10 bits per heavy atom. The molecule has 0 amide bonds. The van der Waals surface area contributed by atoms with Gasteiger partial charge in [0.2, 0.25) is 5.75 Å². The number of aromatic hydroxyl groups is 1. The number of hydrogen-bond acceptors (Lipinski definition) is 4. The van der Waals surface area contributed by atoms with Gasteiger partial charge >= 0.3 is 6.18 Å². The van der Waals surface area contributed by atoms with Crippen molar-refractivity contribution in [3.05, 3.63) is 17.7 Å². The van der Waals surface area contributed by atoms with Gasteiger partial charge in [-0.2, -0.15) is 13.2 Å². The molecule has 0 fully saturated rings. The van der Waals surface area contributed by atoms with Crippen molar-refractivity contribution in [3.63, 3.8) is 0 Å². The fourth-order valence-electron chi connectivity index (χ4n) is 1.76. The van der Waals surface area contributed by atoms with E-state index in [-0.39, 0.29) is 23.8 Å². The molecule has 7 heteroatoms. The van der Waals surface area contributed by atoms with E-state index in [9.17, 15) is 18.3 Å². The van der Waals surface area contributed by atoms with Gasteiger partial charge in [-0.25, -0.2) is 0 Å². The van der Waals surface area contributed by atoms with Crippen LogP contribution in [-0.2, 0) is 6.54 Å². The second-order valence-corrected chi connectivity index (χ2v) is 4.45. The van der Waals surface area contributed by atoms with E-state index in [1.165, 1.54) is 21.1 Å². The standard InChI is InChI=1S/C13H18F3NO3/c1-8(6-13(14,15)16)17-7-9-4-10(19-2)12(18)11(5-9)20-3/h4-5,8,17-18H,6-7H2,1-3H3. The molecule has 0 aliphatic heterocycles. The lowest BCUT2D eigenvalue weighted by Gasteiger charge is -2.17. The van der Waals surface area contributed by atoms with Crippen LogP contribution in [0.3, 0.4) is 0 Å². The number of nitrogens with one attached hydrogen (secondary N) is 1. The number of ether oxygens (including phenoxy) is 2. The minimum Gasteiger partial charge on any atom is -0.502 e. The maximum absolute atomic E-state index is 12.2. The van der Waals surface area contributed by atoms with E-state index in [0.29, 0.717) is 5.56 Å². The van der Waals surface area contributed by atoms with Crippen molar-refractivity contribution in [1.82, 2.24) is 5.32 Å². The third-order valence-electron chi connectivity index (χ3n) is 2.73. The van der Waals surface area contributed by atoms with Gasteiger partial charge in [0.1, 0.15) is 0 Å². The molecule has 0 radical (unpaired) electrons. The van der Waals surface area contributed by atoms with Gasteiger partial charge in [0.15, 0.2) is 11.5 Å². The maximum Gasteiger partial charge on any atom is 0.390 e. The third kappa shape index (κ3) is 4.80. The Balaban J connectivity index is 2.73. The quantitative estimate of drug-likeness (QED) is 0.847. The number of phenols is 1. The summed E-state index contributed by atoms with van der Waals surface area (Å²) in [5.41, 5.74) is 0.658. The van der Waals surface area contributed by atoms with Crippen LogP contribution in [0.2, 0.25) is 0 Å². The van der Waals surface area contributed by atoms with Gasteiger partial charge in [-0.1, -0.05) is 0 Å². The zero-order chi connectivity index (χ0) is 15.3. The lowest BCUT2D eigenvalue weighted by molar-refractivity contribution is -0.139. The molecule has 1 unspecified atom stereocenters. The van der Waals surface area contributed by atoms with Gasteiger partial charge in [0.25, 0.3) is 0 Å². The highest BCUT2D eigenvalue weighted by atomic mass is 19.4. The molecule has 1 rings (SSSR count). The van der Waals surface area contributed by atoms with Crippen molar-refractivity contribution in [2.75, 3.05) is 14.2 Å². The number of phenolic OH excluding ortho intramolecular Hbond substituents is 1. The molecule has 0 heterocycles. The monoisotopic (exact) mass is 293 g/mol. The van der Waals surface area contributed by atoms with Crippen LogP contribution in [0.4, 0.5) is 13.2 Å². The van der Waals surface area contributed by atoms with Crippen LogP contribution in [0.5, 0.6) is 17.2 Å². The SMILES string of the molecule is COc1cc(CNC(C)CC(F)(F)F)cc(OC)c1O. The molecule has 2 N–H and O–H groups in total. The van der Waals surface area contributed by atoms with Crippen LogP contribution in [0.25, 0.3) is 0 Å². The van der Waals surface area contributed by atoms with Crippen LogP contribution in [-0.4, -0.2) is 31.5 Å². The summed E-state index contributed by atoms with van der Waals surface area (Å²) in [5, 5.41) is 12.5. The maximum atomic E-state index is 12.2. The van der Waals surface area contributed by atoms with Crippen molar-refractivity contribution in [2.24, 2.45) is 0 Å². The Kier molecular flexibility index (Phi) is 5.50. The van der Waals surface area contributed by atoms with Gasteiger partial charge in [-0.3, -0.25) is 0 Å². The van der Waals surface area contributed by atoms with Crippen LogP contribution < -0.4 is 14.8 Å². The van der Waals surface area contributed by atoms with E-state index in [2.05, 4.69) is 5.32 Å². The highest BCUT2D eigenvalue weighted by Gasteiger charge is 2.29. The number of halogens is 3. The zero-order valence-electron chi connectivity index (χ0n) is 11.5. The van der Waals surface area contributed by atoms with E-state index in [4.69, 9.17) is 9.47 Å². The van der Waals surface area contributed by atoms with E-state index < -0.39 is 18.6 Å². The van der Waals surface area contributed by atoms with Gasteiger partial charge in [0.05, 0.1) is 20.6 Å². The normalized spacial score (nSPS) is 13.1. The number of hydrogen-bond donors (Lipinski definition) is 2. The summed E-state index contributed by atoms with van der Waals surface area (Å²) in [5.74, 6) is 0.288. The first kappa shape index (κ1) is 16.4. The number of methoxy groups -OCH3 is 2. The lowest BCUT2D eigenvalue weighted by Crippen LogP contribution is -2.30. The highest BCUT2D eigenvalue weighted by Crippen LogP contribution is 2.37. The van der Waals surface area contributed by atoms with Gasteiger partial charge in [-0.15, -0.1) is 0 Å². The average molecular weight is 293 g/mol. The Hall–Kier alpha value is -1.63. The van der Waals surface area contributed by atoms with Crippen LogP contribution in [0, 0.1) is 0 Å². The fourth-order valence-corrected chi connectivity index (χ4v) is 1.76. The molecule has 0 spiro atoms. The molecule has 114 valence electrons. The zero-order valence-corrected chi connectivity index (χ0v) is 11.5. The second-order valence-electron chi connectivity index (χ2n) is 4.45. The topological polar surface area (TPSA) is 50.7 Å². The molecule has 1 aromatic carbocycles. The Bertz CT molecular complexity index is 424. The molecular weight excluding hydrogens is 275 g/mol. The molecule has 0 aliphatic carbocycles. The molecule has 20 heavy (non-hydrogen) atoms. The first-order chi connectivity index (χ1) is 9.26. The van der Waals surface area contributed by atoms with Crippen LogP contribution in [0.15, 0.2) is 12.1 Å². The van der Waals surface area contributed by atoms with Crippen molar-refractivity contribution in [3.8, 4) is 17.2 Å². The summed E-state index contributed by atoms with van der Waals surface area (Å²) in [6.45, 7) is 1.67. The van der Waals surface area contributed by atoms with Gasteiger partial charge in [0, 0.05) is 12.6 Å². The van der Waals surface area contributed by atoms with Crippen molar-refractivity contribution in [2.45, 2.75) is 32.1 Å². The summed E-state index contributed by atoms with van der Waals surface area (Å²) < 4.78 is 46.6. The summed E-state index contributed by atoms with van der Waals surface area (Å²) in [6, 6.07) is 2.39. The number of benzene rings is 1. The minimum atomic E-state index is -4.20. The summed E-state index contributed by atoms with van der Waals surface area (Å²) in [6.07, 6.45) is -5.10. The van der Waals surface area contributed by atoms with E-state index in [1.807, 2.05) is 0 Å². The van der Waals surface area contributed by atoms with Crippen molar-refractivity contribution < 1.29 is 27.8 Å². The highest BCUT2D eigenvalue weighted by molar-refractivity contribution is 5.52. The molecule has 0 saturated carbocycles. The molecular formula is C13H18F3NO3. The first-order valence-corrected chi connectivity index (χ1v) is 6.00. The Morgan fingerprint density at radius 2 is 1.70 bits per heavy atom. The predicted octanol–water partition coefficient (Wildman–Crippen LogP) is 2.84. The largest absolute Gasteiger partial charge is 0.502 e. The molecule has 1 atom stereocenters. The molecule has 0 bridgehead atoms. The summed E-state index contributed by atoms with van der Waals surface area (Å²) in [4.78, 5) is 0. The van der Waals surface area contributed by atoms with Crippen molar-refractivity contribution in [1.29, 1.82) is 0 Å². The molecule has 0 aliphatic rings. The Morgan fingerprint density at radius 1 is 1.20 bits per heavy atom. The smallest absolute Gasteiger partial charge is 0.390 e.